The van der Waals surface area contributed by atoms with Crippen LogP contribution in [0.5, 0.6) is 23.1 Å². The van der Waals surface area contributed by atoms with Crippen molar-refractivity contribution in [2.45, 2.75) is 33.6 Å². The van der Waals surface area contributed by atoms with E-state index >= 15 is 4.39 Å². The molecular formula is C28H29FN4O5. The molecule has 0 saturated carbocycles. The number of carbonyl (C=O) groups is 1. The molecule has 10 heteroatoms. The highest BCUT2D eigenvalue weighted by Gasteiger charge is 2.23. The summed E-state index contributed by atoms with van der Waals surface area (Å²) in [5.74, 6) is -0.588. The number of rotatable bonds is 7. The number of carbonyl (C=O) groups excluding carboxylic acids is 1. The van der Waals surface area contributed by atoms with Gasteiger partial charge in [0.05, 0.1) is 19.7 Å². The van der Waals surface area contributed by atoms with Gasteiger partial charge in [0.25, 0.3) is 11.8 Å². The maximum Gasteiger partial charge on any atom is 0.261 e. The quantitative estimate of drug-likeness (QED) is 0.354. The summed E-state index contributed by atoms with van der Waals surface area (Å²) in [6, 6.07) is 7.21. The van der Waals surface area contributed by atoms with E-state index in [0.717, 1.165) is 11.8 Å². The van der Waals surface area contributed by atoms with Gasteiger partial charge >= 0.3 is 0 Å². The van der Waals surface area contributed by atoms with Crippen LogP contribution in [0.2, 0.25) is 0 Å². The van der Waals surface area contributed by atoms with Crippen LogP contribution in [0, 0.1) is 19.7 Å². The van der Waals surface area contributed by atoms with Gasteiger partial charge in [-0.2, -0.15) is 0 Å². The van der Waals surface area contributed by atoms with Gasteiger partial charge in [0.15, 0.2) is 28.5 Å². The Bertz CT molecular complexity index is 1610. The zero-order valence-corrected chi connectivity index (χ0v) is 22.3. The van der Waals surface area contributed by atoms with E-state index in [1.807, 2.05) is 32.4 Å². The van der Waals surface area contributed by atoms with Crippen molar-refractivity contribution in [2.24, 2.45) is 7.05 Å². The standard InChI is InChI=1S/C28H29FN4O5/c1-14(2)23-15(3)33(5)16(4)24(26(23)34)27(35)31-17-8-9-20(18(29)12-17)38-21-10-11-30-19-13-22(36-6)28(37-7)32-25(19)21/h8-14H,1-7H3,(H,31,35). The lowest BCUT2D eigenvalue weighted by atomic mass is 9.97. The van der Waals surface area contributed by atoms with E-state index in [2.05, 4.69) is 15.3 Å². The number of anilines is 1. The highest BCUT2D eigenvalue weighted by Crippen LogP contribution is 2.35. The summed E-state index contributed by atoms with van der Waals surface area (Å²) in [7, 11) is 4.75. The molecule has 38 heavy (non-hydrogen) atoms. The molecule has 1 amide bonds. The van der Waals surface area contributed by atoms with Crippen LogP contribution in [0.25, 0.3) is 11.0 Å². The minimum Gasteiger partial charge on any atom is -0.491 e. The van der Waals surface area contributed by atoms with Crippen molar-refractivity contribution in [1.82, 2.24) is 14.5 Å². The zero-order valence-electron chi connectivity index (χ0n) is 22.3. The molecule has 198 valence electrons. The van der Waals surface area contributed by atoms with Crippen molar-refractivity contribution in [3.05, 3.63) is 75.1 Å². The fourth-order valence-corrected chi connectivity index (χ4v) is 4.37. The number of aromatic nitrogens is 3. The minimum atomic E-state index is -0.718. The number of pyridine rings is 3. The van der Waals surface area contributed by atoms with Gasteiger partial charge in [0, 0.05) is 54.1 Å². The molecule has 0 saturated heterocycles. The number of nitrogens with one attached hydrogen (secondary N) is 1. The van der Waals surface area contributed by atoms with Crippen molar-refractivity contribution in [3.63, 3.8) is 0 Å². The lowest BCUT2D eigenvalue weighted by Crippen LogP contribution is -2.30. The average molecular weight is 521 g/mol. The third kappa shape index (κ3) is 4.77. The number of methoxy groups -OCH3 is 2. The lowest BCUT2D eigenvalue weighted by Gasteiger charge is -2.19. The SMILES string of the molecule is COc1cc2nccc(Oc3ccc(NC(=O)c4c(C)n(C)c(C)c(C(C)C)c4=O)cc3F)c2nc1OC. The van der Waals surface area contributed by atoms with E-state index in [4.69, 9.17) is 14.2 Å². The predicted octanol–water partition coefficient (Wildman–Crippen LogP) is 5.27. The number of benzene rings is 1. The van der Waals surface area contributed by atoms with Gasteiger partial charge in [0.2, 0.25) is 0 Å². The number of hydrogen-bond acceptors (Lipinski definition) is 7. The molecule has 0 radical (unpaired) electrons. The Hall–Kier alpha value is -4.47. The summed E-state index contributed by atoms with van der Waals surface area (Å²) in [5, 5.41) is 2.64. The van der Waals surface area contributed by atoms with Crippen molar-refractivity contribution >= 4 is 22.6 Å². The summed E-state index contributed by atoms with van der Waals surface area (Å²) in [6.07, 6.45) is 1.51. The third-order valence-electron chi connectivity index (χ3n) is 6.46. The Kier molecular flexibility index (Phi) is 7.34. The van der Waals surface area contributed by atoms with Crippen LogP contribution >= 0.6 is 0 Å². The topological polar surface area (TPSA) is 105 Å². The van der Waals surface area contributed by atoms with Crippen LogP contribution in [0.3, 0.4) is 0 Å². The van der Waals surface area contributed by atoms with E-state index in [9.17, 15) is 9.59 Å². The average Bonchev–Trinajstić information content (AvgIpc) is 2.88. The Morgan fingerprint density at radius 1 is 1.03 bits per heavy atom. The van der Waals surface area contributed by atoms with Crippen molar-refractivity contribution < 1.29 is 23.4 Å². The second-order valence-electron chi connectivity index (χ2n) is 9.08. The van der Waals surface area contributed by atoms with E-state index in [-0.39, 0.29) is 40.0 Å². The van der Waals surface area contributed by atoms with Crippen LogP contribution < -0.4 is 25.0 Å². The summed E-state index contributed by atoms with van der Waals surface area (Å²) in [5.41, 5.74) is 2.62. The molecule has 0 aliphatic carbocycles. The molecule has 0 aliphatic heterocycles. The van der Waals surface area contributed by atoms with E-state index < -0.39 is 11.7 Å². The first-order chi connectivity index (χ1) is 18.1. The maximum absolute atomic E-state index is 15.1. The summed E-state index contributed by atoms with van der Waals surface area (Å²) < 4.78 is 33.2. The van der Waals surface area contributed by atoms with Gasteiger partial charge in [-0.1, -0.05) is 13.8 Å². The second kappa shape index (κ2) is 10.5. The first kappa shape index (κ1) is 26.6. The van der Waals surface area contributed by atoms with Crippen molar-refractivity contribution in [1.29, 1.82) is 0 Å². The van der Waals surface area contributed by atoms with Gasteiger partial charge in [-0.05, 0) is 31.9 Å². The van der Waals surface area contributed by atoms with Crippen LogP contribution in [0.1, 0.15) is 47.1 Å². The summed E-state index contributed by atoms with van der Waals surface area (Å²) in [6.45, 7) is 7.38. The molecule has 4 aromatic rings. The smallest absolute Gasteiger partial charge is 0.261 e. The summed E-state index contributed by atoms with van der Waals surface area (Å²) >= 11 is 0. The molecule has 0 spiro atoms. The fourth-order valence-electron chi connectivity index (χ4n) is 4.37. The Morgan fingerprint density at radius 2 is 1.76 bits per heavy atom. The highest BCUT2D eigenvalue weighted by atomic mass is 19.1. The monoisotopic (exact) mass is 520 g/mol. The largest absolute Gasteiger partial charge is 0.491 e. The number of ether oxygens (including phenoxy) is 3. The Balaban J connectivity index is 1.64. The van der Waals surface area contributed by atoms with E-state index in [0.29, 0.717) is 28.0 Å². The van der Waals surface area contributed by atoms with Gasteiger partial charge < -0.3 is 24.1 Å². The molecule has 0 aliphatic rings. The molecule has 0 atom stereocenters. The molecule has 0 unspecified atom stereocenters. The highest BCUT2D eigenvalue weighted by molar-refractivity contribution is 6.05. The lowest BCUT2D eigenvalue weighted by molar-refractivity contribution is 0.102. The predicted molar refractivity (Wildman–Crippen MR) is 142 cm³/mol. The maximum atomic E-state index is 15.1. The molecular weight excluding hydrogens is 491 g/mol. The fraction of sp³-hybridized carbons (Fsp3) is 0.286. The van der Waals surface area contributed by atoms with Crippen molar-refractivity contribution in [3.8, 4) is 23.1 Å². The van der Waals surface area contributed by atoms with Crippen LogP contribution in [0.4, 0.5) is 10.1 Å². The molecule has 1 N–H and O–H groups in total. The number of halogens is 1. The minimum absolute atomic E-state index is 0.0289. The number of amides is 1. The first-order valence-electron chi connectivity index (χ1n) is 11.9. The number of nitrogens with zero attached hydrogens (tertiary/aromatic N) is 3. The Labute approximate surface area is 219 Å². The van der Waals surface area contributed by atoms with Gasteiger partial charge in [0.1, 0.15) is 11.1 Å². The number of fused-ring (bicyclic) bond motifs is 1. The normalized spacial score (nSPS) is 11.1. The number of hydrogen-bond donors (Lipinski definition) is 1. The van der Waals surface area contributed by atoms with Crippen LogP contribution in [0.15, 0.2) is 41.3 Å². The second-order valence-corrected chi connectivity index (χ2v) is 9.08. The molecule has 1 aromatic carbocycles. The zero-order chi connectivity index (χ0) is 27.7. The Morgan fingerprint density at radius 3 is 2.39 bits per heavy atom. The molecule has 4 rings (SSSR count). The van der Waals surface area contributed by atoms with Gasteiger partial charge in [-0.3, -0.25) is 14.6 Å². The molecule has 3 heterocycles. The molecule has 0 fully saturated rings. The molecule has 9 nitrogen and oxygen atoms in total. The van der Waals surface area contributed by atoms with Gasteiger partial charge in [-0.25, -0.2) is 9.37 Å². The van der Waals surface area contributed by atoms with Gasteiger partial charge in [-0.15, -0.1) is 0 Å². The van der Waals surface area contributed by atoms with E-state index in [1.165, 1.54) is 32.5 Å². The molecule has 3 aromatic heterocycles. The first-order valence-corrected chi connectivity index (χ1v) is 11.9. The van der Waals surface area contributed by atoms with Crippen LogP contribution in [-0.2, 0) is 7.05 Å². The van der Waals surface area contributed by atoms with Crippen molar-refractivity contribution in [2.75, 3.05) is 19.5 Å². The third-order valence-corrected chi connectivity index (χ3v) is 6.46. The van der Waals surface area contributed by atoms with Crippen LogP contribution in [-0.4, -0.2) is 34.7 Å². The molecule has 0 bridgehead atoms. The van der Waals surface area contributed by atoms with E-state index in [1.54, 1.807) is 19.1 Å². The summed E-state index contributed by atoms with van der Waals surface area (Å²) in [4.78, 5) is 34.9.